The first-order valence-electron chi connectivity index (χ1n) is 50.0. The van der Waals surface area contributed by atoms with Crippen molar-refractivity contribution in [3.63, 3.8) is 0 Å². The molecule has 10 saturated heterocycles. The van der Waals surface area contributed by atoms with Crippen LogP contribution in [0.1, 0.15) is 265 Å². The molecule has 2 unspecified atom stereocenters. The molecule has 5 aromatic rings. The van der Waals surface area contributed by atoms with E-state index in [4.69, 9.17) is 35.5 Å². The van der Waals surface area contributed by atoms with Crippen LogP contribution in [0.4, 0.5) is 0 Å². The Morgan fingerprint density at radius 3 is 1.00 bits per heavy atom. The van der Waals surface area contributed by atoms with Crippen molar-refractivity contribution >= 4 is 78.7 Å². The molecule has 132 heavy (non-hydrogen) atoms. The Morgan fingerprint density at radius 2 is 0.682 bits per heavy atom. The van der Waals surface area contributed by atoms with Crippen LogP contribution in [0.3, 0.4) is 0 Å². The SMILES string of the molecule is CC(C)(C)C(=O)C[S+]1CCCC1.CN1CCC(N2CCCC2)CC1.CN1CCC(N2CCCCC2)CC1.CN1CCC(N2CCCCC2)CC1.COc1ccc(CC(N)C(=O)OC(C)(C)C)cc1.COc1ccc(CC(N)C(=O)OC(C)(C)C)cc1.Cc1ccc(C(=O)C(C)(C)[S+]2CCCC2)cc1.O=C(C[S+]1CCCC1)c1ccc(O)cc1.O=C(C[S+]1CCCC1)c1ccccc1. The first-order valence-corrected chi connectivity index (χ1v) is 56.8. The lowest BCUT2D eigenvalue weighted by Gasteiger charge is -2.39. The lowest BCUT2D eigenvalue weighted by Crippen LogP contribution is -2.45. The molecule has 5 N–H and O–H groups in total. The van der Waals surface area contributed by atoms with E-state index in [1.165, 1.54) is 271 Å². The molecule has 5 aromatic carbocycles. The predicted molar refractivity (Wildman–Crippen MR) is 561 cm³/mol. The van der Waals surface area contributed by atoms with Crippen molar-refractivity contribution in [1.29, 1.82) is 0 Å². The summed E-state index contributed by atoms with van der Waals surface area (Å²) in [6.45, 7) is 39.4. The highest BCUT2D eigenvalue weighted by Crippen LogP contribution is 2.32. The number of hydrogen-bond donors (Lipinski definition) is 3. The molecule has 19 nitrogen and oxygen atoms in total. The van der Waals surface area contributed by atoms with E-state index in [1.54, 1.807) is 38.5 Å². The number of benzene rings is 5. The summed E-state index contributed by atoms with van der Waals surface area (Å²) in [6.07, 6.45) is 31.4. The van der Waals surface area contributed by atoms with Crippen LogP contribution in [0.2, 0.25) is 0 Å². The third kappa shape index (κ3) is 43.9. The van der Waals surface area contributed by atoms with Gasteiger partial charge in [-0.05, 0) is 396 Å². The van der Waals surface area contributed by atoms with Gasteiger partial charge < -0.3 is 64.9 Å². The van der Waals surface area contributed by atoms with E-state index in [2.05, 4.69) is 71.3 Å². The van der Waals surface area contributed by atoms with Crippen LogP contribution < -0.4 is 20.9 Å². The summed E-state index contributed by atoms with van der Waals surface area (Å²) in [5.74, 6) is 14.8. The molecule has 10 heterocycles. The zero-order chi connectivity index (χ0) is 96.2. The average Bonchev–Trinajstić information content (AvgIpc) is 1.49. The summed E-state index contributed by atoms with van der Waals surface area (Å²) in [7, 11) is 11.4. The second-order valence-corrected chi connectivity index (χ2v) is 51.1. The number of aryl methyl sites for hydroxylation is 1. The zero-order valence-electron chi connectivity index (χ0n) is 84.7. The van der Waals surface area contributed by atoms with Gasteiger partial charge in [0.05, 0.1) is 14.2 Å². The number of rotatable bonds is 22. The molecule has 10 fully saturated rings. The maximum absolute atomic E-state index is 12.6. The van der Waals surface area contributed by atoms with Gasteiger partial charge in [0.1, 0.15) is 86.6 Å². The summed E-state index contributed by atoms with van der Waals surface area (Å²) in [5.41, 5.74) is 16.2. The van der Waals surface area contributed by atoms with E-state index in [0.717, 1.165) is 68.9 Å². The minimum absolute atomic E-state index is 0.115. The molecule has 0 aromatic heterocycles. The molecule has 0 bridgehead atoms. The van der Waals surface area contributed by atoms with E-state index in [-0.39, 0.29) is 44.5 Å². The molecule has 2 atom stereocenters. The van der Waals surface area contributed by atoms with Crippen LogP contribution in [-0.4, -0.2) is 293 Å². The van der Waals surface area contributed by atoms with Crippen molar-refractivity contribution in [2.75, 3.05) is 177 Å². The van der Waals surface area contributed by atoms with E-state index in [1.807, 2.05) is 165 Å². The number of methoxy groups -OCH3 is 2. The number of ketones is 4. The lowest BCUT2D eigenvalue weighted by atomic mass is 9.92. The van der Waals surface area contributed by atoms with Gasteiger partial charge in [-0.3, -0.25) is 28.8 Å². The molecule has 23 heteroatoms. The second-order valence-electron chi connectivity index (χ2n) is 41.3. The van der Waals surface area contributed by atoms with Crippen molar-refractivity contribution in [1.82, 2.24) is 29.4 Å². The number of phenols is 1. The number of aromatic hydroxyl groups is 1. The normalized spacial score (nSPS) is 19.8. The Kier molecular flexibility index (Phi) is 51.0. The number of ether oxygens (including phenoxy) is 4. The zero-order valence-corrected chi connectivity index (χ0v) is 88.0. The third-order valence-corrected chi connectivity index (χ3v) is 36.7. The Morgan fingerprint density at radius 1 is 0.379 bits per heavy atom. The van der Waals surface area contributed by atoms with Gasteiger partial charge in [-0.25, -0.2) is 0 Å². The van der Waals surface area contributed by atoms with Crippen LogP contribution in [0, 0.1) is 12.3 Å². The minimum Gasteiger partial charge on any atom is -0.508 e. The van der Waals surface area contributed by atoms with Crippen molar-refractivity contribution in [3.05, 3.63) is 161 Å². The molecule has 0 saturated carbocycles. The third-order valence-electron chi connectivity index (χ3n) is 26.3. The lowest BCUT2D eigenvalue weighted by molar-refractivity contribution is -0.157. The van der Waals surface area contributed by atoms with E-state index in [9.17, 15) is 28.8 Å². The van der Waals surface area contributed by atoms with Gasteiger partial charge in [-0.1, -0.05) is 118 Å². The largest absolute Gasteiger partial charge is 0.508 e. The van der Waals surface area contributed by atoms with Gasteiger partial charge in [-0.15, -0.1) is 0 Å². The van der Waals surface area contributed by atoms with Crippen LogP contribution in [0.15, 0.2) is 127 Å². The highest BCUT2D eigenvalue weighted by Gasteiger charge is 2.47. The van der Waals surface area contributed by atoms with Crippen molar-refractivity contribution in [2.45, 2.75) is 283 Å². The van der Waals surface area contributed by atoms with Gasteiger partial charge >= 0.3 is 11.9 Å². The summed E-state index contributed by atoms with van der Waals surface area (Å²) in [4.78, 5) is 86.8. The fourth-order valence-corrected chi connectivity index (χ4v) is 27.6. The quantitative estimate of drug-likeness (QED) is 0.0332. The van der Waals surface area contributed by atoms with Gasteiger partial charge in [0.25, 0.3) is 0 Å². The second kappa shape index (κ2) is 59.5. The molecular formula is C109H176N8O11S4+4. The number of nitrogens with zero attached hydrogens (tertiary/aromatic N) is 6. The summed E-state index contributed by atoms with van der Waals surface area (Å²) >= 11 is 0. The fraction of sp³-hybridized carbons (Fsp3) is 0.670. The number of esters is 2. The van der Waals surface area contributed by atoms with Crippen LogP contribution in [0.5, 0.6) is 17.2 Å². The summed E-state index contributed by atoms with van der Waals surface area (Å²) in [5, 5.41) is 9.11. The van der Waals surface area contributed by atoms with E-state index < -0.39 is 23.3 Å². The number of likely N-dealkylation sites (tertiary alicyclic amines) is 6. The van der Waals surface area contributed by atoms with Crippen LogP contribution >= 0.6 is 0 Å². The molecule has 0 aliphatic carbocycles. The molecule has 10 aliphatic heterocycles. The Labute approximate surface area is 810 Å². The monoisotopic (exact) mass is 1900 g/mol. The number of hydrogen-bond acceptors (Lipinski definition) is 19. The highest BCUT2D eigenvalue weighted by molar-refractivity contribution is 7.99. The van der Waals surface area contributed by atoms with Gasteiger partial charge in [0.15, 0.2) is 27.8 Å². The molecule has 10 aliphatic rings. The molecule has 0 amide bonds. The molecular weight excluding hydrogens is 1730 g/mol. The van der Waals surface area contributed by atoms with E-state index >= 15 is 0 Å². The van der Waals surface area contributed by atoms with Gasteiger partial charge in [0.2, 0.25) is 17.3 Å². The van der Waals surface area contributed by atoms with E-state index in [0.29, 0.717) is 68.6 Å². The highest BCUT2D eigenvalue weighted by atomic mass is 32.2. The maximum Gasteiger partial charge on any atom is 0.323 e. The Hall–Kier alpha value is -5.80. The first kappa shape index (κ1) is 113. The number of phenolic OH excluding ortho intramolecular Hbond substituents is 1. The van der Waals surface area contributed by atoms with Crippen molar-refractivity contribution < 1.29 is 52.8 Å². The molecule has 15 rings (SSSR count). The van der Waals surface area contributed by atoms with Crippen LogP contribution in [0.25, 0.3) is 0 Å². The van der Waals surface area contributed by atoms with Crippen molar-refractivity contribution in [3.8, 4) is 17.2 Å². The first-order chi connectivity index (χ1) is 62.8. The Balaban J connectivity index is 0.000000204. The number of carbonyl (C=O) groups excluding carboxylic acids is 6. The number of carbonyl (C=O) groups is 6. The summed E-state index contributed by atoms with van der Waals surface area (Å²) < 4.78 is 20.4. The topological polar surface area (TPSA) is 231 Å². The van der Waals surface area contributed by atoms with Gasteiger partial charge in [-0.2, -0.15) is 0 Å². The number of nitrogens with two attached hydrogens (primary N) is 2. The molecule has 0 radical (unpaired) electrons. The van der Waals surface area contributed by atoms with Crippen molar-refractivity contribution in [2.24, 2.45) is 16.9 Å². The molecule has 0 spiro atoms. The maximum atomic E-state index is 12.6. The Bertz CT molecular complexity index is 3930. The molecule has 738 valence electrons. The van der Waals surface area contributed by atoms with Crippen LogP contribution in [-0.2, 0) is 80.3 Å². The average molecular weight is 1900 g/mol. The number of Topliss-reactive ketones (excluding diaryl/α,β-unsaturated/α-hetero) is 4. The standard InChI is InChI=1S/C15H21OS.2C14H21NO3.C12H14O2S.C12H15OS.2C11H22N2.C10H20N2.C10H19OS/c1-12-6-8-13(9-7-12)14(16)15(2,3)17-10-4-5-11-17;2*1-14(2,3)18-13(16)12(15)9-10-5-7-11(17-4)8-6-10;13-11-5-3-10(4-6-11)12(14)9-15-7-1-2-8-15;13-12(10-14-8-4-5-9-14)11-6-2-1-3-7-11;2*1-12-9-5-11(6-10-12)13-7-3-2-4-8-13;1-11-8-4-10(5-9-11)12-6-2-3-7-12;1-10(2,3)9(11)8-12-6-4-5-7-12/h6-9H,4-5,10-11H2,1-3H3;2*5-8,12H,9,15H2,1-4H3;3-6H,1-2,7-9H2;1-3,6-7H,4-5,8-10H2;2*11H,2-10H2,1H3;10H,2-9H2,1H3;4-8H2,1-3H3/q+1;;;;+1;;;;+1/p+1. The smallest absolute Gasteiger partial charge is 0.323 e. The van der Waals surface area contributed by atoms with Gasteiger partial charge in [0, 0.05) is 51.1 Å². The number of piperidine rings is 5. The predicted octanol–water partition coefficient (Wildman–Crippen LogP) is 17.8. The minimum atomic E-state index is -0.641. The summed E-state index contributed by atoms with van der Waals surface area (Å²) in [6, 6.07) is 40.6. The fourth-order valence-electron chi connectivity index (χ4n) is 17.8.